The molecule has 1 fully saturated rings. The summed E-state index contributed by atoms with van der Waals surface area (Å²) in [6, 6.07) is 0. The van der Waals surface area contributed by atoms with E-state index in [0.717, 1.165) is 34.7 Å². The monoisotopic (exact) mass is 514 g/mol. The SMILES string of the molecule is C=CCn1c(SCC(=O)Nc2nnc(C3CCCCC3)s2)nnc1-c1csc2c1CCC(C)C2. The summed E-state index contributed by atoms with van der Waals surface area (Å²) in [5.41, 5.74) is 2.60. The number of nitrogens with zero attached hydrogens (tertiary/aromatic N) is 5. The van der Waals surface area contributed by atoms with Gasteiger partial charge in [0.1, 0.15) is 5.01 Å². The number of allylic oxidation sites excluding steroid dienone is 1. The molecule has 0 saturated heterocycles. The van der Waals surface area contributed by atoms with E-state index in [1.165, 1.54) is 77.6 Å². The van der Waals surface area contributed by atoms with Gasteiger partial charge in [-0.25, -0.2) is 0 Å². The molecule has 3 aromatic heterocycles. The normalized spacial score (nSPS) is 18.6. The van der Waals surface area contributed by atoms with Crippen LogP contribution in [0.5, 0.6) is 0 Å². The highest BCUT2D eigenvalue weighted by atomic mass is 32.2. The van der Waals surface area contributed by atoms with E-state index in [4.69, 9.17) is 0 Å². The van der Waals surface area contributed by atoms with Crippen molar-refractivity contribution in [2.45, 2.75) is 75.9 Å². The van der Waals surface area contributed by atoms with E-state index in [0.29, 0.717) is 17.6 Å². The molecule has 0 spiro atoms. The molecule has 180 valence electrons. The molecule has 0 aliphatic heterocycles. The Morgan fingerprint density at radius 1 is 1.24 bits per heavy atom. The van der Waals surface area contributed by atoms with Crippen molar-refractivity contribution >= 4 is 45.5 Å². The summed E-state index contributed by atoms with van der Waals surface area (Å²) in [5.74, 6) is 2.24. The van der Waals surface area contributed by atoms with Crippen LogP contribution in [-0.4, -0.2) is 36.6 Å². The molecule has 0 radical (unpaired) electrons. The molecule has 2 aliphatic rings. The summed E-state index contributed by atoms with van der Waals surface area (Å²) in [7, 11) is 0. The number of thioether (sulfide) groups is 1. The molecule has 7 nitrogen and oxygen atoms in total. The maximum Gasteiger partial charge on any atom is 0.236 e. The Bertz CT molecular complexity index is 1160. The summed E-state index contributed by atoms with van der Waals surface area (Å²) < 4.78 is 2.07. The lowest BCUT2D eigenvalue weighted by Crippen LogP contribution is -2.14. The molecule has 3 aromatic rings. The van der Waals surface area contributed by atoms with Crippen molar-refractivity contribution in [3.8, 4) is 11.4 Å². The third-order valence-electron chi connectivity index (χ3n) is 6.64. The van der Waals surface area contributed by atoms with Crippen molar-refractivity contribution in [3.05, 3.63) is 33.5 Å². The lowest BCUT2D eigenvalue weighted by Gasteiger charge is -2.19. The molecule has 10 heteroatoms. The van der Waals surface area contributed by atoms with E-state index < -0.39 is 0 Å². The lowest BCUT2D eigenvalue weighted by atomic mass is 9.88. The van der Waals surface area contributed by atoms with E-state index >= 15 is 0 Å². The molecule has 1 unspecified atom stereocenters. The highest BCUT2D eigenvalue weighted by Crippen LogP contribution is 2.38. The molecule has 34 heavy (non-hydrogen) atoms. The van der Waals surface area contributed by atoms with Crippen LogP contribution in [0.2, 0.25) is 0 Å². The Balaban J connectivity index is 1.25. The maximum absolute atomic E-state index is 12.6. The number of aromatic nitrogens is 5. The number of carbonyl (C=O) groups is 1. The molecule has 1 atom stereocenters. The largest absolute Gasteiger partial charge is 0.300 e. The third-order valence-corrected chi connectivity index (χ3v) is 9.66. The molecular formula is C24H30N6OS3. The van der Waals surface area contributed by atoms with Gasteiger partial charge in [0.05, 0.1) is 5.75 Å². The number of carbonyl (C=O) groups excluding carboxylic acids is 1. The third kappa shape index (κ3) is 5.13. The number of hydrogen-bond acceptors (Lipinski definition) is 8. The van der Waals surface area contributed by atoms with Gasteiger partial charge >= 0.3 is 0 Å². The summed E-state index contributed by atoms with van der Waals surface area (Å²) in [4.78, 5) is 14.1. The van der Waals surface area contributed by atoms with Crippen molar-refractivity contribution in [1.29, 1.82) is 0 Å². The summed E-state index contributed by atoms with van der Waals surface area (Å²) in [5, 5.41) is 25.0. The number of amides is 1. The van der Waals surface area contributed by atoms with Gasteiger partial charge in [0.25, 0.3) is 0 Å². The smallest absolute Gasteiger partial charge is 0.236 e. The van der Waals surface area contributed by atoms with Gasteiger partial charge in [-0.2, -0.15) is 0 Å². The zero-order chi connectivity index (χ0) is 23.5. The number of nitrogens with one attached hydrogen (secondary N) is 1. The van der Waals surface area contributed by atoms with Crippen LogP contribution < -0.4 is 5.32 Å². The first-order valence-electron chi connectivity index (χ1n) is 12.0. The van der Waals surface area contributed by atoms with Gasteiger partial charge in [0.15, 0.2) is 11.0 Å². The van der Waals surface area contributed by atoms with Crippen LogP contribution in [-0.2, 0) is 24.2 Å². The average molecular weight is 515 g/mol. The average Bonchev–Trinajstić information content (AvgIpc) is 3.57. The van der Waals surface area contributed by atoms with E-state index in [1.807, 2.05) is 17.4 Å². The van der Waals surface area contributed by atoms with E-state index in [9.17, 15) is 4.79 Å². The molecular weight excluding hydrogens is 485 g/mol. The maximum atomic E-state index is 12.6. The van der Waals surface area contributed by atoms with Crippen molar-refractivity contribution in [3.63, 3.8) is 0 Å². The fourth-order valence-corrected chi connectivity index (χ4v) is 7.76. The fraction of sp³-hybridized carbons (Fsp3) is 0.542. The van der Waals surface area contributed by atoms with Crippen LogP contribution >= 0.6 is 34.4 Å². The van der Waals surface area contributed by atoms with Gasteiger partial charge in [0.2, 0.25) is 11.0 Å². The second-order valence-electron chi connectivity index (χ2n) is 9.22. The van der Waals surface area contributed by atoms with Crippen LogP contribution in [0.3, 0.4) is 0 Å². The first kappa shape index (κ1) is 23.7. The molecule has 3 heterocycles. The van der Waals surface area contributed by atoms with Gasteiger partial charge in [-0.1, -0.05) is 55.4 Å². The number of thiophene rings is 1. The minimum Gasteiger partial charge on any atom is -0.300 e. The Kier molecular flexibility index (Phi) is 7.46. The van der Waals surface area contributed by atoms with Crippen LogP contribution in [0, 0.1) is 5.92 Å². The zero-order valence-electron chi connectivity index (χ0n) is 19.5. The molecule has 5 rings (SSSR count). The van der Waals surface area contributed by atoms with Crippen molar-refractivity contribution in [2.75, 3.05) is 11.1 Å². The highest BCUT2D eigenvalue weighted by Gasteiger charge is 2.25. The summed E-state index contributed by atoms with van der Waals surface area (Å²) in [6.07, 6.45) is 11.5. The van der Waals surface area contributed by atoms with Gasteiger partial charge < -0.3 is 0 Å². The molecule has 0 bridgehead atoms. The lowest BCUT2D eigenvalue weighted by molar-refractivity contribution is -0.113. The predicted molar refractivity (Wildman–Crippen MR) is 140 cm³/mol. The molecule has 0 aromatic carbocycles. The van der Waals surface area contributed by atoms with Crippen LogP contribution in [0.1, 0.15) is 66.8 Å². The van der Waals surface area contributed by atoms with Crippen molar-refractivity contribution in [2.24, 2.45) is 5.92 Å². The molecule has 1 amide bonds. The van der Waals surface area contributed by atoms with Crippen LogP contribution in [0.15, 0.2) is 23.2 Å². The zero-order valence-corrected chi connectivity index (χ0v) is 21.9. The van der Waals surface area contributed by atoms with Crippen molar-refractivity contribution in [1.82, 2.24) is 25.0 Å². The second-order valence-corrected chi connectivity index (χ2v) is 12.1. The van der Waals surface area contributed by atoms with E-state index in [2.05, 4.69) is 49.2 Å². The van der Waals surface area contributed by atoms with E-state index in [1.54, 1.807) is 0 Å². The molecule has 1 saturated carbocycles. The number of fused-ring (bicyclic) bond motifs is 1. The van der Waals surface area contributed by atoms with Crippen LogP contribution in [0.4, 0.5) is 5.13 Å². The molecule has 1 N–H and O–H groups in total. The highest BCUT2D eigenvalue weighted by molar-refractivity contribution is 7.99. The fourth-order valence-electron chi connectivity index (χ4n) is 4.84. The topological polar surface area (TPSA) is 85.6 Å². The van der Waals surface area contributed by atoms with E-state index in [-0.39, 0.29) is 11.7 Å². The minimum absolute atomic E-state index is 0.104. The first-order valence-corrected chi connectivity index (χ1v) is 14.7. The Hall–Kier alpha value is -2.04. The Morgan fingerprint density at radius 3 is 2.91 bits per heavy atom. The van der Waals surface area contributed by atoms with Gasteiger partial charge in [-0.05, 0) is 43.6 Å². The quantitative estimate of drug-likeness (QED) is 0.295. The summed E-state index contributed by atoms with van der Waals surface area (Å²) in [6.45, 7) is 6.84. The number of hydrogen-bond donors (Lipinski definition) is 1. The molecule has 2 aliphatic carbocycles. The van der Waals surface area contributed by atoms with Gasteiger partial charge in [-0.15, -0.1) is 38.3 Å². The minimum atomic E-state index is -0.104. The summed E-state index contributed by atoms with van der Waals surface area (Å²) >= 11 is 4.73. The van der Waals surface area contributed by atoms with Crippen molar-refractivity contribution < 1.29 is 4.79 Å². The van der Waals surface area contributed by atoms with Gasteiger partial charge in [0, 0.05) is 28.3 Å². The second kappa shape index (κ2) is 10.7. The predicted octanol–water partition coefficient (Wildman–Crippen LogP) is 5.95. The standard InChI is InChI=1S/C24H30N6OS3/c1-3-11-30-21(18-13-32-19-12-15(2)9-10-17(18)19)26-29-24(30)33-14-20(31)25-23-28-27-22(34-23)16-7-5-4-6-8-16/h3,13,15-16H,1,4-12,14H2,2H3,(H,25,28,31). The van der Waals surface area contributed by atoms with Crippen LogP contribution in [0.25, 0.3) is 11.4 Å². The Labute approximate surface area is 212 Å². The number of anilines is 1. The number of rotatable bonds is 8. The van der Waals surface area contributed by atoms with Gasteiger partial charge in [-0.3, -0.25) is 14.7 Å². The first-order chi connectivity index (χ1) is 16.6. The Morgan fingerprint density at radius 2 is 2.09 bits per heavy atom.